The van der Waals surface area contributed by atoms with Crippen molar-refractivity contribution >= 4 is 11.9 Å². The molecule has 0 aromatic heterocycles. The molecule has 0 aromatic carbocycles. The lowest BCUT2D eigenvalue weighted by atomic mass is 9.50. The lowest BCUT2D eigenvalue weighted by molar-refractivity contribution is -0.211. The molecule has 0 radical (unpaired) electrons. The fraction of sp³-hybridized carbons (Fsp3) is 0.917. The topological polar surface area (TPSA) is 52.6 Å². The Kier molecular flexibility index (Phi) is 8.13. The van der Waals surface area contributed by atoms with Gasteiger partial charge in [-0.25, -0.2) is 0 Å². The molecule has 1 unspecified atom stereocenters. The average molecular weight is 449 g/mol. The molecule has 0 saturated heterocycles. The van der Waals surface area contributed by atoms with Crippen molar-refractivity contribution in [3.05, 3.63) is 0 Å². The molecule has 0 amide bonds. The van der Waals surface area contributed by atoms with Crippen molar-refractivity contribution < 1.29 is 32.2 Å². The minimum atomic E-state index is -4.43. The average Bonchev–Trinajstić information content (AvgIpc) is 2.69. The van der Waals surface area contributed by atoms with Crippen LogP contribution in [0.2, 0.25) is 0 Å². The van der Waals surface area contributed by atoms with E-state index >= 15 is 0 Å². The highest BCUT2D eigenvalue weighted by atomic mass is 19.4. The maximum Gasteiger partial charge on any atom is 0.422 e. The number of carbonyl (C=O) groups excluding carboxylic acids is 2. The van der Waals surface area contributed by atoms with E-state index in [0.29, 0.717) is 18.3 Å². The van der Waals surface area contributed by atoms with Crippen LogP contribution in [0.1, 0.15) is 86.5 Å². The van der Waals surface area contributed by atoms with Gasteiger partial charge in [0, 0.05) is 0 Å². The van der Waals surface area contributed by atoms with Gasteiger partial charge in [-0.2, -0.15) is 13.2 Å². The minimum Gasteiger partial charge on any atom is -0.458 e. The van der Waals surface area contributed by atoms with Crippen LogP contribution in [-0.4, -0.2) is 30.3 Å². The predicted octanol–water partition coefficient (Wildman–Crippen LogP) is 6.32. The Labute approximate surface area is 184 Å². The Morgan fingerprint density at radius 3 is 1.87 bits per heavy atom. The summed E-state index contributed by atoms with van der Waals surface area (Å²) < 4.78 is 44.6. The molecule has 4 fully saturated rings. The van der Waals surface area contributed by atoms with E-state index in [1.54, 1.807) is 6.92 Å². The summed E-state index contributed by atoms with van der Waals surface area (Å²) in [6.45, 7) is 10.1. The summed E-state index contributed by atoms with van der Waals surface area (Å²) in [5.74, 6) is 1.86. The van der Waals surface area contributed by atoms with Crippen LogP contribution in [0.3, 0.4) is 0 Å². The SMILES string of the molecule is CCC(C)(C)C(=O)OC1(C)C2CC3CC(C2)CC1C3.CCC(C)C(=O)OCC(F)(F)F. The Morgan fingerprint density at radius 2 is 1.48 bits per heavy atom. The first-order valence-corrected chi connectivity index (χ1v) is 11.7. The van der Waals surface area contributed by atoms with Crippen LogP contribution in [0.25, 0.3) is 0 Å². The molecule has 4 aliphatic rings. The van der Waals surface area contributed by atoms with Crippen molar-refractivity contribution in [1.82, 2.24) is 0 Å². The van der Waals surface area contributed by atoms with E-state index in [1.165, 1.54) is 39.0 Å². The van der Waals surface area contributed by atoms with Gasteiger partial charge in [0.15, 0.2) is 6.61 Å². The second-order valence-corrected chi connectivity index (χ2v) is 10.6. The van der Waals surface area contributed by atoms with E-state index in [4.69, 9.17) is 4.74 Å². The summed E-state index contributed by atoms with van der Waals surface area (Å²) in [5.41, 5.74) is -0.505. The number of hydrogen-bond acceptors (Lipinski definition) is 4. The standard InChI is InChI=1S/C17H28O2.C7H11F3O2/c1-5-16(2,3)15(18)19-17(4)13-7-11-6-12(9-13)10-14(17)8-11;1-3-5(2)6(11)12-4-7(8,9)10/h11-14H,5-10H2,1-4H3;5H,3-4H2,1-2H3. The first-order chi connectivity index (χ1) is 14.2. The molecule has 1 atom stereocenters. The highest BCUT2D eigenvalue weighted by molar-refractivity contribution is 5.76. The van der Waals surface area contributed by atoms with Gasteiger partial charge < -0.3 is 9.47 Å². The van der Waals surface area contributed by atoms with Crippen molar-refractivity contribution in [3.63, 3.8) is 0 Å². The number of alkyl halides is 3. The molecular formula is C24H39F3O4. The second kappa shape index (κ2) is 9.70. The zero-order chi connectivity index (χ0) is 23.6. The third-order valence-corrected chi connectivity index (χ3v) is 7.90. The molecule has 0 aromatic rings. The van der Waals surface area contributed by atoms with Gasteiger partial charge in [-0.3, -0.25) is 9.59 Å². The molecule has 4 aliphatic carbocycles. The van der Waals surface area contributed by atoms with Gasteiger partial charge in [-0.15, -0.1) is 0 Å². The summed E-state index contributed by atoms with van der Waals surface area (Å²) in [5, 5.41) is 0. The molecule has 0 aliphatic heterocycles. The zero-order valence-electron chi connectivity index (χ0n) is 19.8. The van der Waals surface area contributed by atoms with Crippen molar-refractivity contribution in [2.75, 3.05) is 6.61 Å². The van der Waals surface area contributed by atoms with Crippen molar-refractivity contribution in [1.29, 1.82) is 0 Å². The van der Waals surface area contributed by atoms with E-state index in [-0.39, 0.29) is 17.0 Å². The molecule has 4 saturated carbocycles. The molecule has 7 heteroatoms. The normalized spacial score (nSPS) is 32.7. The summed E-state index contributed by atoms with van der Waals surface area (Å²) in [4.78, 5) is 23.2. The highest BCUT2D eigenvalue weighted by Crippen LogP contribution is 2.59. The van der Waals surface area contributed by atoms with Crippen LogP contribution in [0.5, 0.6) is 0 Å². The number of esters is 2. The Hall–Kier alpha value is -1.27. The molecule has 0 N–H and O–H groups in total. The lowest BCUT2D eigenvalue weighted by Crippen LogP contribution is -2.58. The van der Waals surface area contributed by atoms with Crippen LogP contribution in [0.15, 0.2) is 0 Å². The summed E-state index contributed by atoms with van der Waals surface area (Å²) in [6.07, 6.45) is 3.53. The number of hydrogen-bond donors (Lipinski definition) is 0. The highest BCUT2D eigenvalue weighted by Gasteiger charge is 2.57. The van der Waals surface area contributed by atoms with Gasteiger partial charge in [0.2, 0.25) is 0 Å². The Morgan fingerprint density at radius 1 is 1.00 bits per heavy atom. The summed E-state index contributed by atoms with van der Waals surface area (Å²) in [6, 6.07) is 0. The fourth-order valence-corrected chi connectivity index (χ4v) is 5.23. The van der Waals surface area contributed by atoms with Crippen molar-refractivity contribution in [2.45, 2.75) is 98.3 Å². The number of carbonyl (C=O) groups is 2. The third kappa shape index (κ3) is 6.38. The molecule has 0 spiro atoms. The van der Waals surface area contributed by atoms with Crippen molar-refractivity contribution in [3.8, 4) is 0 Å². The fourth-order valence-electron chi connectivity index (χ4n) is 5.23. The smallest absolute Gasteiger partial charge is 0.422 e. The Balaban J connectivity index is 0.000000248. The van der Waals surface area contributed by atoms with Gasteiger partial charge in [-0.1, -0.05) is 20.8 Å². The molecule has 4 rings (SSSR count). The number of ether oxygens (including phenoxy) is 2. The van der Waals surface area contributed by atoms with Crippen LogP contribution >= 0.6 is 0 Å². The lowest BCUT2D eigenvalue weighted by Gasteiger charge is -2.59. The van der Waals surface area contributed by atoms with Crippen LogP contribution < -0.4 is 0 Å². The van der Waals surface area contributed by atoms with Crippen LogP contribution in [0.4, 0.5) is 13.2 Å². The van der Waals surface area contributed by atoms with E-state index < -0.39 is 24.7 Å². The zero-order valence-corrected chi connectivity index (χ0v) is 19.8. The molecule has 4 nitrogen and oxygen atoms in total. The first kappa shape index (κ1) is 26.0. The van der Waals surface area contributed by atoms with Gasteiger partial charge in [0.05, 0.1) is 11.3 Å². The number of rotatable bonds is 6. The molecule has 4 bridgehead atoms. The molecule has 0 heterocycles. The second-order valence-electron chi connectivity index (χ2n) is 10.6. The number of halogens is 3. The summed E-state index contributed by atoms with van der Waals surface area (Å²) >= 11 is 0. The molecular weight excluding hydrogens is 409 g/mol. The van der Waals surface area contributed by atoms with Gasteiger partial charge >= 0.3 is 18.1 Å². The van der Waals surface area contributed by atoms with Crippen LogP contribution in [0, 0.1) is 35.0 Å². The minimum absolute atomic E-state index is 0.0185. The maximum atomic E-state index is 12.5. The van der Waals surface area contributed by atoms with Gasteiger partial charge in [0.1, 0.15) is 5.60 Å². The molecule has 31 heavy (non-hydrogen) atoms. The predicted molar refractivity (Wildman–Crippen MR) is 112 cm³/mol. The molecule has 180 valence electrons. The van der Waals surface area contributed by atoms with E-state index in [2.05, 4.69) is 18.6 Å². The first-order valence-electron chi connectivity index (χ1n) is 11.7. The Bertz CT molecular complexity index is 613. The third-order valence-electron chi connectivity index (χ3n) is 7.90. The van der Waals surface area contributed by atoms with E-state index in [9.17, 15) is 22.8 Å². The van der Waals surface area contributed by atoms with E-state index in [1.807, 2.05) is 13.8 Å². The maximum absolute atomic E-state index is 12.5. The summed E-state index contributed by atoms with van der Waals surface area (Å²) in [7, 11) is 0. The largest absolute Gasteiger partial charge is 0.458 e. The van der Waals surface area contributed by atoms with Gasteiger partial charge in [-0.05, 0) is 89.4 Å². The van der Waals surface area contributed by atoms with E-state index in [0.717, 1.165) is 18.3 Å². The van der Waals surface area contributed by atoms with Gasteiger partial charge in [0.25, 0.3) is 0 Å². The van der Waals surface area contributed by atoms with Crippen LogP contribution in [-0.2, 0) is 19.1 Å². The monoisotopic (exact) mass is 448 g/mol. The quantitative estimate of drug-likeness (QED) is 0.446. The van der Waals surface area contributed by atoms with Crippen molar-refractivity contribution in [2.24, 2.45) is 35.0 Å².